The maximum Gasteiger partial charge on any atom is 0.0589 e. The summed E-state index contributed by atoms with van der Waals surface area (Å²) in [7, 11) is 3.93. The van der Waals surface area contributed by atoms with Gasteiger partial charge in [0, 0.05) is 31.0 Å². The van der Waals surface area contributed by atoms with Crippen LogP contribution in [-0.4, -0.2) is 55.3 Å². The highest BCUT2D eigenvalue weighted by Gasteiger charge is 2.40. The van der Waals surface area contributed by atoms with Crippen LogP contribution in [0.15, 0.2) is 0 Å². The van der Waals surface area contributed by atoms with Crippen LogP contribution in [0.1, 0.15) is 19.8 Å². The van der Waals surface area contributed by atoms with Gasteiger partial charge in [0.25, 0.3) is 0 Å². The monoisotopic (exact) mass is 232 g/mol. The highest BCUT2D eigenvalue weighted by Crippen LogP contribution is 2.37. The molecule has 0 aromatic heterocycles. The van der Waals surface area contributed by atoms with Gasteiger partial charge in [-0.3, -0.25) is 4.90 Å². The molecule has 1 fully saturated rings. The van der Waals surface area contributed by atoms with Crippen LogP contribution in [0.25, 0.3) is 0 Å². The summed E-state index contributed by atoms with van der Waals surface area (Å²) in [5, 5.41) is 0.623. The SMILES string of the molecule is COCCN(C)C1(CN)CCCSC1C. The summed E-state index contributed by atoms with van der Waals surface area (Å²) in [6.07, 6.45) is 2.50. The number of likely N-dealkylation sites (N-methyl/N-ethyl adjacent to an activating group) is 1. The van der Waals surface area contributed by atoms with Gasteiger partial charge in [-0.05, 0) is 25.6 Å². The molecule has 0 bridgehead atoms. The summed E-state index contributed by atoms with van der Waals surface area (Å²) in [5.74, 6) is 1.28. The summed E-state index contributed by atoms with van der Waals surface area (Å²) >= 11 is 2.05. The van der Waals surface area contributed by atoms with E-state index in [1.54, 1.807) is 7.11 Å². The van der Waals surface area contributed by atoms with E-state index >= 15 is 0 Å². The molecule has 1 aliphatic rings. The summed E-state index contributed by atoms with van der Waals surface area (Å²) in [6.45, 7) is 4.82. The second-order valence-electron chi connectivity index (χ2n) is 4.34. The van der Waals surface area contributed by atoms with Gasteiger partial charge in [-0.2, -0.15) is 11.8 Å². The molecule has 0 aromatic carbocycles. The number of methoxy groups -OCH3 is 1. The fourth-order valence-corrected chi connectivity index (χ4v) is 3.74. The molecule has 0 radical (unpaired) electrons. The predicted octanol–water partition coefficient (Wildman–Crippen LogP) is 1.18. The van der Waals surface area contributed by atoms with Crippen LogP contribution in [0.4, 0.5) is 0 Å². The van der Waals surface area contributed by atoms with Crippen molar-refractivity contribution in [1.82, 2.24) is 4.90 Å². The van der Waals surface area contributed by atoms with E-state index in [0.717, 1.165) is 19.7 Å². The van der Waals surface area contributed by atoms with E-state index in [0.29, 0.717) is 5.25 Å². The van der Waals surface area contributed by atoms with E-state index in [9.17, 15) is 0 Å². The summed E-state index contributed by atoms with van der Waals surface area (Å²) in [6, 6.07) is 0. The number of ether oxygens (including phenoxy) is 1. The molecule has 15 heavy (non-hydrogen) atoms. The predicted molar refractivity (Wildman–Crippen MR) is 67.4 cm³/mol. The van der Waals surface area contributed by atoms with Crippen LogP contribution >= 0.6 is 11.8 Å². The molecule has 2 atom stereocenters. The first-order chi connectivity index (χ1) is 7.17. The average Bonchev–Trinajstić information content (AvgIpc) is 2.27. The van der Waals surface area contributed by atoms with Gasteiger partial charge in [-0.25, -0.2) is 0 Å². The number of hydrogen-bond acceptors (Lipinski definition) is 4. The van der Waals surface area contributed by atoms with Gasteiger partial charge >= 0.3 is 0 Å². The molecule has 90 valence electrons. The summed E-state index contributed by atoms with van der Waals surface area (Å²) in [5.41, 5.74) is 6.19. The third-order valence-corrected chi connectivity index (χ3v) is 5.09. The van der Waals surface area contributed by atoms with Crippen molar-refractivity contribution in [2.75, 3.05) is 39.6 Å². The molecule has 0 amide bonds. The fourth-order valence-electron chi connectivity index (χ4n) is 2.37. The lowest BCUT2D eigenvalue weighted by Crippen LogP contribution is -2.60. The Labute approximate surface area is 97.7 Å². The van der Waals surface area contributed by atoms with Crippen molar-refractivity contribution in [3.8, 4) is 0 Å². The van der Waals surface area contributed by atoms with E-state index in [1.807, 2.05) is 11.8 Å². The molecule has 1 saturated heterocycles. The molecule has 0 aliphatic carbocycles. The molecule has 2 unspecified atom stereocenters. The largest absolute Gasteiger partial charge is 0.383 e. The standard InChI is InChI=1S/C11H24N2OS/c1-10-11(9-12,5-4-8-15-10)13(2)6-7-14-3/h10H,4-9,12H2,1-3H3. The van der Waals surface area contributed by atoms with Crippen LogP contribution in [0.2, 0.25) is 0 Å². The maximum absolute atomic E-state index is 6.01. The molecule has 4 heteroatoms. The van der Waals surface area contributed by atoms with E-state index in [-0.39, 0.29) is 5.54 Å². The minimum absolute atomic E-state index is 0.182. The fraction of sp³-hybridized carbons (Fsp3) is 1.00. The van der Waals surface area contributed by atoms with Gasteiger partial charge < -0.3 is 10.5 Å². The lowest BCUT2D eigenvalue weighted by molar-refractivity contribution is 0.0747. The van der Waals surface area contributed by atoms with Crippen LogP contribution in [0.3, 0.4) is 0 Å². The van der Waals surface area contributed by atoms with Crippen molar-refractivity contribution >= 4 is 11.8 Å². The Morgan fingerprint density at radius 1 is 1.60 bits per heavy atom. The zero-order valence-corrected chi connectivity index (χ0v) is 11.0. The molecular weight excluding hydrogens is 208 g/mol. The van der Waals surface area contributed by atoms with Crippen LogP contribution in [0.5, 0.6) is 0 Å². The quantitative estimate of drug-likeness (QED) is 0.772. The highest BCUT2D eigenvalue weighted by atomic mass is 32.2. The number of nitrogens with zero attached hydrogens (tertiary/aromatic N) is 1. The Morgan fingerprint density at radius 3 is 2.87 bits per heavy atom. The van der Waals surface area contributed by atoms with Crippen molar-refractivity contribution in [2.24, 2.45) is 5.73 Å². The smallest absolute Gasteiger partial charge is 0.0589 e. The first-order valence-corrected chi connectivity index (χ1v) is 6.74. The van der Waals surface area contributed by atoms with E-state index in [1.165, 1.54) is 18.6 Å². The lowest BCUT2D eigenvalue weighted by atomic mass is 9.88. The van der Waals surface area contributed by atoms with Gasteiger partial charge in [0.15, 0.2) is 0 Å². The molecule has 1 aliphatic heterocycles. The zero-order chi connectivity index (χ0) is 11.3. The van der Waals surface area contributed by atoms with Crippen molar-refractivity contribution in [3.05, 3.63) is 0 Å². The number of nitrogens with two attached hydrogens (primary N) is 1. The first-order valence-electron chi connectivity index (χ1n) is 5.69. The van der Waals surface area contributed by atoms with Gasteiger partial charge in [-0.1, -0.05) is 6.92 Å². The second kappa shape index (κ2) is 6.09. The van der Waals surface area contributed by atoms with Gasteiger partial charge in [0.2, 0.25) is 0 Å². The third kappa shape index (κ3) is 2.87. The van der Waals surface area contributed by atoms with Crippen molar-refractivity contribution in [2.45, 2.75) is 30.6 Å². The van der Waals surface area contributed by atoms with E-state index in [2.05, 4.69) is 18.9 Å². The van der Waals surface area contributed by atoms with Crippen LogP contribution in [-0.2, 0) is 4.74 Å². The lowest BCUT2D eigenvalue weighted by Gasteiger charge is -2.48. The summed E-state index contributed by atoms with van der Waals surface area (Å²) in [4.78, 5) is 2.40. The van der Waals surface area contributed by atoms with Crippen molar-refractivity contribution in [1.29, 1.82) is 0 Å². The topological polar surface area (TPSA) is 38.5 Å². The summed E-state index contributed by atoms with van der Waals surface area (Å²) < 4.78 is 5.14. The molecule has 2 N–H and O–H groups in total. The Kier molecular flexibility index (Phi) is 5.39. The normalized spacial score (nSPS) is 32.2. The number of hydrogen-bond donors (Lipinski definition) is 1. The number of thioether (sulfide) groups is 1. The molecule has 1 heterocycles. The zero-order valence-electron chi connectivity index (χ0n) is 10.2. The van der Waals surface area contributed by atoms with Gasteiger partial charge in [-0.15, -0.1) is 0 Å². The third-order valence-electron chi connectivity index (χ3n) is 3.62. The molecule has 1 rings (SSSR count). The van der Waals surface area contributed by atoms with Crippen molar-refractivity contribution < 1.29 is 4.74 Å². The highest BCUT2D eigenvalue weighted by molar-refractivity contribution is 8.00. The Morgan fingerprint density at radius 2 is 2.33 bits per heavy atom. The van der Waals surface area contributed by atoms with E-state index in [4.69, 9.17) is 10.5 Å². The molecule has 0 saturated carbocycles. The Bertz CT molecular complexity index is 191. The molecule has 0 aromatic rings. The van der Waals surface area contributed by atoms with Crippen LogP contribution < -0.4 is 5.73 Å². The Hall–Kier alpha value is 0.230. The van der Waals surface area contributed by atoms with Crippen LogP contribution in [0, 0.1) is 0 Å². The van der Waals surface area contributed by atoms with E-state index < -0.39 is 0 Å². The first kappa shape index (κ1) is 13.3. The maximum atomic E-state index is 6.01. The van der Waals surface area contributed by atoms with Gasteiger partial charge in [0.1, 0.15) is 0 Å². The molecule has 3 nitrogen and oxygen atoms in total. The minimum atomic E-state index is 0.182. The minimum Gasteiger partial charge on any atom is -0.383 e. The number of rotatable bonds is 5. The molecule has 0 spiro atoms. The average molecular weight is 232 g/mol. The Balaban J connectivity index is 2.63. The van der Waals surface area contributed by atoms with Crippen molar-refractivity contribution in [3.63, 3.8) is 0 Å². The van der Waals surface area contributed by atoms with Gasteiger partial charge in [0.05, 0.1) is 6.61 Å². The second-order valence-corrected chi connectivity index (χ2v) is 5.79. The molecular formula is C11H24N2OS.